The number of hydrogen-bond acceptors (Lipinski definition) is 3. The van der Waals surface area contributed by atoms with Gasteiger partial charge in [0.05, 0.1) is 5.52 Å². The van der Waals surface area contributed by atoms with Crippen molar-refractivity contribution in [3.05, 3.63) is 42.1 Å². The smallest absolute Gasteiger partial charge is 0.138 e. The molecular weight excluding hydrogens is 248 g/mol. The van der Waals surface area contributed by atoms with Crippen molar-refractivity contribution in [1.82, 2.24) is 4.98 Å². The molecule has 0 bridgehead atoms. The fourth-order valence-corrected chi connectivity index (χ4v) is 2.33. The molecule has 1 unspecified atom stereocenters. The fourth-order valence-electron chi connectivity index (χ4n) is 2.33. The van der Waals surface area contributed by atoms with Crippen LogP contribution >= 0.6 is 0 Å². The Morgan fingerprint density at radius 2 is 2.00 bits per heavy atom. The molecule has 0 aliphatic heterocycles. The van der Waals surface area contributed by atoms with Gasteiger partial charge in [-0.2, -0.15) is 0 Å². The third kappa shape index (κ3) is 4.14. The minimum Gasteiger partial charge on any atom is -0.330 e. The maximum Gasteiger partial charge on any atom is 0.138 e. The number of fused-ring (bicyclic) bond motifs is 1. The van der Waals surface area contributed by atoms with Crippen LogP contribution < -0.4 is 5.73 Å². The topological polar surface area (TPSA) is 56.0 Å². The molecule has 20 heavy (non-hydrogen) atoms. The van der Waals surface area contributed by atoms with E-state index in [-0.39, 0.29) is 5.78 Å². The van der Waals surface area contributed by atoms with Gasteiger partial charge >= 0.3 is 0 Å². The van der Waals surface area contributed by atoms with E-state index < -0.39 is 0 Å². The third-order valence-corrected chi connectivity index (χ3v) is 3.61. The van der Waals surface area contributed by atoms with Crippen molar-refractivity contribution >= 4 is 16.7 Å². The normalized spacial score (nSPS) is 12.5. The van der Waals surface area contributed by atoms with E-state index >= 15 is 0 Å². The van der Waals surface area contributed by atoms with Crippen molar-refractivity contribution in [3.63, 3.8) is 0 Å². The highest BCUT2D eigenvalue weighted by Gasteiger charge is 2.08. The van der Waals surface area contributed by atoms with E-state index in [1.807, 2.05) is 36.4 Å². The van der Waals surface area contributed by atoms with Crippen molar-refractivity contribution in [2.45, 2.75) is 32.6 Å². The molecule has 0 fully saturated rings. The summed E-state index contributed by atoms with van der Waals surface area (Å²) in [6.45, 7) is 2.84. The van der Waals surface area contributed by atoms with Gasteiger partial charge in [0.25, 0.3) is 0 Å². The molecule has 1 heterocycles. The summed E-state index contributed by atoms with van der Waals surface area (Å²) in [6.07, 6.45) is 2.96. The number of pyridine rings is 1. The van der Waals surface area contributed by atoms with E-state index in [0.717, 1.165) is 29.4 Å². The zero-order valence-electron chi connectivity index (χ0n) is 12.0. The van der Waals surface area contributed by atoms with Crippen molar-refractivity contribution in [1.29, 1.82) is 0 Å². The molecule has 2 aromatic rings. The minimum atomic E-state index is 0.261. The van der Waals surface area contributed by atoms with E-state index in [4.69, 9.17) is 5.73 Å². The molecule has 0 radical (unpaired) electrons. The first-order valence-electron chi connectivity index (χ1n) is 7.25. The van der Waals surface area contributed by atoms with E-state index in [0.29, 0.717) is 25.3 Å². The first-order chi connectivity index (χ1) is 9.69. The molecule has 106 valence electrons. The zero-order valence-corrected chi connectivity index (χ0v) is 12.0. The molecule has 0 saturated carbocycles. The summed E-state index contributed by atoms with van der Waals surface area (Å²) in [5.41, 5.74) is 7.33. The SMILES string of the molecule is CC(CCN)CCC(=O)Cc1ccc2ccccc2n1. The number of para-hydroxylation sites is 1. The van der Waals surface area contributed by atoms with Gasteiger partial charge in [-0.25, -0.2) is 0 Å². The number of nitrogens with zero attached hydrogens (tertiary/aromatic N) is 1. The summed E-state index contributed by atoms with van der Waals surface area (Å²) in [5, 5.41) is 1.11. The van der Waals surface area contributed by atoms with Crippen LogP contribution in [0.1, 0.15) is 31.9 Å². The Hall–Kier alpha value is -1.74. The molecule has 1 aromatic carbocycles. The molecule has 0 saturated heterocycles. The quantitative estimate of drug-likeness (QED) is 0.841. The van der Waals surface area contributed by atoms with Crippen LogP contribution in [0.15, 0.2) is 36.4 Å². The van der Waals surface area contributed by atoms with Crippen molar-refractivity contribution < 1.29 is 4.79 Å². The summed E-state index contributed by atoms with van der Waals surface area (Å²) >= 11 is 0. The first-order valence-corrected chi connectivity index (χ1v) is 7.25. The number of rotatable bonds is 7. The van der Waals surface area contributed by atoms with Crippen molar-refractivity contribution in [3.8, 4) is 0 Å². The van der Waals surface area contributed by atoms with E-state index in [1.54, 1.807) is 0 Å². The maximum atomic E-state index is 12.0. The van der Waals surface area contributed by atoms with E-state index in [1.165, 1.54) is 0 Å². The van der Waals surface area contributed by atoms with Crippen molar-refractivity contribution in [2.24, 2.45) is 11.7 Å². The second-order valence-electron chi connectivity index (χ2n) is 5.43. The number of nitrogens with two attached hydrogens (primary N) is 1. The predicted octanol–water partition coefficient (Wildman–Crippen LogP) is 3.11. The number of hydrogen-bond donors (Lipinski definition) is 1. The highest BCUT2D eigenvalue weighted by molar-refractivity contribution is 5.82. The van der Waals surface area contributed by atoms with Crippen LogP contribution in [-0.4, -0.2) is 17.3 Å². The molecular formula is C17H22N2O. The number of benzene rings is 1. The van der Waals surface area contributed by atoms with Gasteiger partial charge in [0, 0.05) is 23.9 Å². The summed E-state index contributed by atoms with van der Waals surface area (Å²) in [6, 6.07) is 11.9. The van der Waals surface area contributed by atoms with Gasteiger partial charge in [-0.3, -0.25) is 9.78 Å². The molecule has 2 N–H and O–H groups in total. The number of carbonyl (C=O) groups excluding carboxylic acids is 1. The fraction of sp³-hybridized carbons (Fsp3) is 0.412. The lowest BCUT2D eigenvalue weighted by Crippen LogP contribution is -2.10. The van der Waals surface area contributed by atoms with Crippen LogP contribution in [0, 0.1) is 5.92 Å². The second-order valence-corrected chi connectivity index (χ2v) is 5.43. The Balaban J connectivity index is 1.92. The van der Waals surface area contributed by atoms with Crippen LogP contribution in [0.4, 0.5) is 0 Å². The number of aromatic nitrogens is 1. The van der Waals surface area contributed by atoms with Gasteiger partial charge in [-0.1, -0.05) is 31.2 Å². The molecule has 0 spiro atoms. The standard InChI is InChI=1S/C17H22N2O/c1-13(10-11-18)6-9-16(20)12-15-8-7-14-4-2-3-5-17(14)19-15/h2-5,7-8,13H,6,9-12,18H2,1H3. The first kappa shape index (κ1) is 14.7. The molecule has 3 nitrogen and oxygen atoms in total. The monoisotopic (exact) mass is 270 g/mol. The largest absolute Gasteiger partial charge is 0.330 e. The lowest BCUT2D eigenvalue weighted by Gasteiger charge is -2.08. The van der Waals surface area contributed by atoms with Crippen LogP contribution in [0.5, 0.6) is 0 Å². The second kappa shape index (κ2) is 7.15. The summed E-state index contributed by atoms with van der Waals surface area (Å²) in [4.78, 5) is 16.5. The Bertz CT molecular complexity index is 580. The number of Topliss-reactive ketones (excluding diaryl/α,β-unsaturated/α-hetero) is 1. The van der Waals surface area contributed by atoms with Crippen LogP contribution in [-0.2, 0) is 11.2 Å². The highest BCUT2D eigenvalue weighted by Crippen LogP contribution is 2.14. The Morgan fingerprint density at radius 1 is 1.20 bits per heavy atom. The zero-order chi connectivity index (χ0) is 14.4. The molecule has 2 rings (SSSR count). The highest BCUT2D eigenvalue weighted by atomic mass is 16.1. The maximum absolute atomic E-state index is 12.0. The molecule has 1 aromatic heterocycles. The summed E-state index contributed by atoms with van der Waals surface area (Å²) in [5.74, 6) is 0.783. The Morgan fingerprint density at radius 3 is 2.80 bits per heavy atom. The molecule has 0 amide bonds. The average Bonchev–Trinajstić information content (AvgIpc) is 2.45. The summed E-state index contributed by atoms with van der Waals surface area (Å²) in [7, 11) is 0. The molecule has 0 aliphatic carbocycles. The van der Waals surface area contributed by atoms with Gasteiger partial charge in [0.1, 0.15) is 5.78 Å². The van der Waals surface area contributed by atoms with Gasteiger partial charge in [0.15, 0.2) is 0 Å². The average molecular weight is 270 g/mol. The third-order valence-electron chi connectivity index (χ3n) is 3.61. The van der Waals surface area contributed by atoms with Crippen LogP contribution in [0.3, 0.4) is 0 Å². The predicted molar refractivity (Wildman–Crippen MR) is 82.5 cm³/mol. The lowest BCUT2D eigenvalue weighted by atomic mass is 9.98. The van der Waals surface area contributed by atoms with E-state index in [9.17, 15) is 4.79 Å². The van der Waals surface area contributed by atoms with Gasteiger partial charge in [-0.05, 0) is 37.4 Å². The number of ketones is 1. The molecule has 0 aliphatic rings. The molecule has 1 atom stereocenters. The van der Waals surface area contributed by atoms with Gasteiger partial charge in [-0.15, -0.1) is 0 Å². The van der Waals surface area contributed by atoms with Crippen molar-refractivity contribution in [2.75, 3.05) is 6.54 Å². The Kier molecular flexibility index (Phi) is 5.24. The van der Waals surface area contributed by atoms with E-state index in [2.05, 4.69) is 11.9 Å². The Labute approximate surface area is 120 Å². The lowest BCUT2D eigenvalue weighted by molar-refractivity contribution is -0.118. The van der Waals surface area contributed by atoms with Gasteiger partial charge < -0.3 is 5.73 Å². The molecule has 3 heteroatoms. The van der Waals surface area contributed by atoms with Gasteiger partial charge in [0.2, 0.25) is 0 Å². The summed E-state index contributed by atoms with van der Waals surface area (Å²) < 4.78 is 0. The van der Waals surface area contributed by atoms with Crippen LogP contribution in [0.25, 0.3) is 10.9 Å². The van der Waals surface area contributed by atoms with Crippen LogP contribution in [0.2, 0.25) is 0 Å². The minimum absolute atomic E-state index is 0.261. The number of carbonyl (C=O) groups is 1.